The summed E-state index contributed by atoms with van der Waals surface area (Å²) in [7, 11) is 1.51. The maximum atomic E-state index is 11.6. The molecule has 0 spiro atoms. The molecule has 3 nitrogen and oxygen atoms in total. The molecule has 3 heteroatoms. The molecule has 0 aliphatic heterocycles. The number of ether oxygens (including phenoxy) is 1. The Labute approximate surface area is 78.0 Å². The van der Waals surface area contributed by atoms with E-state index in [1.807, 2.05) is 27.0 Å². The average Bonchev–Trinajstić information content (AvgIpc) is 2.08. The van der Waals surface area contributed by atoms with Crippen LogP contribution in [0.5, 0.6) is 5.75 Å². The molecule has 1 heterocycles. The maximum Gasteiger partial charge on any atom is 0.293 e. The van der Waals surface area contributed by atoms with Crippen LogP contribution in [0.3, 0.4) is 0 Å². The van der Waals surface area contributed by atoms with Crippen LogP contribution in [0, 0.1) is 6.92 Å². The Morgan fingerprint density at radius 1 is 1.46 bits per heavy atom. The summed E-state index contributed by atoms with van der Waals surface area (Å²) in [5, 5.41) is 0. The molecule has 72 valence electrons. The Bertz CT molecular complexity index is 352. The zero-order chi connectivity index (χ0) is 10.0. The van der Waals surface area contributed by atoms with Crippen molar-refractivity contribution in [3.8, 4) is 5.75 Å². The Kier molecular flexibility index (Phi) is 2.76. The van der Waals surface area contributed by atoms with E-state index in [9.17, 15) is 4.79 Å². The highest BCUT2D eigenvalue weighted by Crippen LogP contribution is 2.09. The molecular weight excluding hydrogens is 166 g/mol. The highest BCUT2D eigenvalue weighted by molar-refractivity contribution is 5.23. The Morgan fingerprint density at radius 2 is 2.08 bits per heavy atom. The van der Waals surface area contributed by atoms with Crippen LogP contribution in [0.4, 0.5) is 0 Å². The van der Waals surface area contributed by atoms with Gasteiger partial charge < -0.3 is 9.30 Å². The molecule has 13 heavy (non-hydrogen) atoms. The van der Waals surface area contributed by atoms with Crippen LogP contribution in [0.1, 0.15) is 25.5 Å². The third-order valence-corrected chi connectivity index (χ3v) is 1.92. The van der Waals surface area contributed by atoms with Gasteiger partial charge in [-0.05, 0) is 32.4 Å². The van der Waals surface area contributed by atoms with Gasteiger partial charge in [0.05, 0.1) is 7.11 Å². The van der Waals surface area contributed by atoms with Gasteiger partial charge in [-0.15, -0.1) is 0 Å². The van der Waals surface area contributed by atoms with Crippen molar-refractivity contribution < 1.29 is 4.74 Å². The fourth-order valence-corrected chi connectivity index (χ4v) is 1.24. The van der Waals surface area contributed by atoms with E-state index in [2.05, 4.69) is 0 Å². The lowest BCUT2D eigenvalue weighted by Crippen LogP contribution is -2.22. The van der Waals surface area contributed by atoms with Gasteiger partial charge in [0.15, 0.2) is 5.75 Å². The second-order valence-electron chi connectivity index (χ2n) is 3.39. The minimum atomic E-state index is -0.0666. The van der Waals surface area contributed by atoms with Gasteiger partial charge in [0, 0.05) is 12.2 Å². The number of methoxy groups -OCH3 is 1. The van der Waals surface area contributed by atoms with E-state index in [0.29, 0.717) is 5.75 Å². The fraction of sp³-hybridized carbons (Fsp3) is 0.500. The molecule has 0 unspecified atom stereocenters. The average molecular weight is 181 g/mol. The molecule has 0 saturated carbocycles. The van der Waals surface area contributed by atoms with E-state index in [-0.39, 0.29) is 11.6 Å². The van der Waals surface area contributed by atoms with Gasteiger partial charge in [0.1, 0.15) is 0 Å². The van der Waals surface area contributed by atoms with Crippen molar-refractivity contribution in [1.82, 2.24) is 4.57 Å². The number of aryl methyl sites for hydroxylation is 1. The first-order valence-electron chi connectivity index (χ1n) is 4.33. The number of pyridine rings is 1. The predicted octanol–water partition coefficient (Wildman–Crippen LogP) is 1.75. The summed E-state index contributed by atoms with van der Waals surface area (Å²) in [6.45, 7) is 5.89. The molecule has 0 fully saturated rings. The van der Waals surface area contributed by atoms with Crippen molar-refractivity contribution >= 4 is 0 Å². The van der Waals surface area contributed by atoms with E-state index in [1.54, 1.807) is 10.6 Å². The Morgan fingerprint density at radius 3 is 2.54 bits per heavy atom. The molecule has 1 aromatic heterocycles. The van der Waals surface area contributed by atoms with Crippen LogP contribution in [0.25, 0.3) is 0 Å². The van der Waals surface area contributed by atoms with Crippen molar-refractivity contribution in [3.05, 3.63) is 28.2 Å². The molecule has 0 aliphatic carbocycles. The minimum Gasteiger partial charge on any atom is -0.491 e. The van der Waals surface area contributed by atoms with Gasteiger partial charge in [-0.25, -0.2) is 0 Å². The Balaban J connectivity index is 3.36. The van der Waals surface area contributed by atoms with Crippen LogP contribution < -0.4 is 10.3 Å². The number of nitrogens with zero attached hydrogens (tertiary/aromatic N) is 1. The molecular formula is C10H15NO2. The van der Waals surface area contributed by atoms with Crippen LogP contribution in [0.15, 0.2) is 17.1 Å². The fourth-order valence-electron chi connectivity index (χ4n) is 1.24. The predicted molar refractivity (Wildman–Crippen MR) is 52.4 cm³/mol. The molecule has 0 radical (unpaired) electrons. The topological polar surface area (TPSA) is 31.2 Å². The van der Waals surface area contributed by atoms with Crippen molar-refractivity contribution in [2.45, 2.75) is 26.8 Å². The Hall–Kier alpha value is -1.25. The molecule has 0 N–H and O–H groups in total. The molecule has 0 aromatic carbocycles. The van der Waals surface area contributed by atoms with Crippen LogP contribution >= 0.6 is 0 Å². The summed E-state index contributed by atoms with van der Waals surface area (Å²) in [5.41, 5.74) is 0.966. The van der Waals surface area contributed by atoms with E-state index in [4.69, 9.17) is 4.74 Å². The van der Waals surface area contributed by atoms with Crippen molar-refractivity contribution in [2.75, 3.05) is 7.11 Å². The number of hydrogen-bond acceptors (Lipinski definition) is 2. The molecule has 0 atom stereocenters. The first kappa shape index (κ1) is 9.84. The largest absolute Gasteiger partial charge is 0.491 e. The smallest absolute Gasteiger partial charge is 0.293 e. The van der Waals surface area contributed by atoms with E-state index < -0.39 is 0 Å². The molecule has 1 aromatic rings. The summed E-state index contributed by atoms with van der Waals surface area (Å²) < 4.78 is 6.66. The highest BCUT2D eigenvalue weighted by Gasteiger charge is 2.06. The summed E-state index contributed by atoms with van der Waals surface area (Å²) >= 11 is 0. The summed E-state index contributed by atoms with van der Waals surface area (Å²) in [6.07, 6.45) is 1.84. The van der Waals surface area contributed by atoms with Crippen LogP contribution in [-0.4, -0.2) is 11.7 Å². The van der Waals surface area contributed by atoms with E-state index in [1.165, 1.54) is 7.11 Å². The van der Waals surface area contributed by atoms with E-state index >= 15 is 0 Å². The highest BCUT2D eigenvalue weighted by atomic mass is 16.5. The lowest BCUT2D eigenvalue weighted by molar-refractivity contribution is 0.398. The van der Waals surface area contributed by atoms with Crippen molar-refractivity contribution in [3.63, 3.8) is 0 Å². The van der Waals surface area contributed by atoms with Crippen LogP contribution in [0.2, 0.25) is 0 Å². The maximum absolute atomic E-state index is 11.6. The van der Waals surface area contributed by atoms with Gasteiger partial charge in [-0.3, -0.25) is 4.79 Å². The quantitative estimate of drug-likeness (QED) is 0.696. The summed E-state index contributed by atoms with van der Waals surface area (Å²) in [6, 6.07) is 1.92. The minimum absolute atomic E-state index is 0.0666. The number of rotatable bonds is 2. The first-order valence-corrected chi connectivity index (χ1v) is 4.33. The number of hydrogen-bond donors (Lipinski definition) is 0. The van der Waals surface area contributed by atoms with Crippen LogP contribution in [-0.2, 0) is 0 Å². The lowest BCUT2D eigenvalue weighted by Gasteiger charge is -2.12. The number of aromatic nitrogens is 1. The third kappa shape index (κ3) is 1.91. The zero-order valence-electron chi connectivity index (χ0n) is 8.50. The standard InChI is InChI=1S/C10H15NO2/c1-7(2)11-6-8(3)5-9(13-4)10(11)12/h5-7H,1-4H3. The molecule has 0 bridgehead atoms. The molecule has 0 amide bonds. The molecule has 0 saturated heterocycles. The van der Waals surface area contributed by atoms with Crippen molar-refractivity contribution in [2.24, 2.45) is 0 Å². The van der Waals surface area contributed by atoms with Gasteiger partial charge in [-0.2, -0.15) is 0 Å². The third-order valence-electron chi connectivity index (χ3n) is 1.92. The lowest BCUT2D eigenvalue weighted by atomic mass is 10.2. The first-order chi connectivity index (χ1) is 6.06. The summed E-state index contributed by atoms with van der Waals surface area (Å²) in [5.74, 6) is 0.411. The SMILES string of the molecule is COc1cc(C)cn(C(C)C)c1=O. The second-order valence-corrected chi connectivity index (χ2v) is 3.39. The van der Waals surface area contributed by atoms with Crippen molar-refractivity contribution in [1.29, 1.82) is 0 Å². The van der Waals surface area contributed by atoms with Gasteiger partial charge in [0.25, 0.3) is 5.56 Å². The zero-order valence-corrected chi connectivity index (χ0v) is 8.50. The normalized spacial score (nSPS) is 10.5. The second kappa shape index (κ2) is 3.64. The monoisotopic (exact) mass is 181 g/mol. The van der Waals surface area contributed by atoms with E-state index in [0.717, 1.165) is 5.56 Å². The molecule has 1 rings (SSSR count). The summed E-state index contributed by atoms with van der Waals surface area (Å²) in [4.78, 5) is 11.6. The van der Waals surface area contributed by atoms with Gasteiger partial charge >= 0.3 is 0 Å². The van der Waals surface area contributed by atoms with Gasteiger partial charge in [-0.1, -0.05) is 0 Å². The molecule has 0 aliphatic rings. The van der Waals surface area contributed by atoms with Gasteiger partial charge in [0.2, 0.25) is 0 Å².